The van der Waals surface area contributed by atoms with Gasteiger partial charge >= 0.3 is 0 Å². The van der Waals surface area contributed by atoms with Gasteiger partial charge < -0.3 is 5.73 Å². The third kappa shape index (κ3) is 2.88. The Labute approximate surface area is 113 Å². The maximum absolute atomic E-state index is 12.2. The van der Waals surface area contributed by atoms with Gasteiger partial charge in [0.2, 0.25) is 0 Å². The molecule has 0 saturated carbocycles. The van der Waals surface area contributed by atoms with Crippen molar-refractivity contribution >= 4 is 21.4 Å². The van der Waals surface area contributed by atoms with Gasteiger partial charge in [-0.25, -0.2) is 8.42 Å². The van der Waals surface area contributed by atoms with Crippen molar-refractivity contribution in [1.82, 2.24) is 0 Å². The fourth-order valence-electron chi connectivity index (χ4n) is 1.73. The zero-order valence-corrected chi connectivity index (χ0v) is 11.7. The molecule has 0 amide bonds. The predicted octanol–water partition coefficient (Wildman–Crippen LogP) is 2.69. The van der Waals surface area contributed by atoms with E-state index in [9.17, 15) is 8.42 Å². The first-order chi connectivity index (χ1) is 8.90. The Morgan fingerprint density at radius 3 is 2.21 bits per heavy atom. The van der Waals surface area contributed by atoms with Gasteiger partial charge in [0.05, 0.1) is 16.3 Å². The lowest BCUT2D eigenvalue weighted by Gasteiger charge is -2.12. The lowest BCUT2D eigenvalue weighted by molar-refractivity contribution is 0.601. The molecule has 0 radical (unpaired) electrons. The summed E-state index contributed by atoms with van der Waals surface area (Å²) in [6.07, 6.45) is 0. The molecule has 100 valence electrons. The molecule has 0 spiro atoms. The Balaban J connectivity index is 2.39. The summed E-state index contributed by atoms with van der Waals surface area (Å²) in [6.45, 7) is 3.84. The molecule has 0 fully saturated rings. The second-order valence-corrected chi connectivity index (χ2v) is 6.12. The van der Waals surface area contributed by atoms with E-state index in [-0.39, 0.29) is 4.90 Å². The van der Waals surface area contributed by atoms with Crippen LogP contribution in [0.2, 0.25) is 0 Å². The number of anilines is 2. The highest BCUT2D eigenvalue weighted by Gasteiger charge is 2.15. The minimum atomic E-state index is -3.60. The van der Waals surface area contributed by atoms with E-state index in [1.54, 1.807) is 42.5 Å². The van der Waals surface area contributed by atoms with Gasteiger partial charge in [-0.1, -0.05) is 18.2 Å². The van der Waals surface area contributed by atoms with Crippen molar-refractivity contribution in [3.63, 3.8) is 0 Å². The topological polar surface area (TPSA) is 72.2 Å². The zero-order chi connectivity index (χ0) is 14.0. The second kappa shape index (κ2) is 4.93. The number of sulfonamides is 1. The second-order valence-electron chi connectivity index (χ2n) is 4.44. The van der Waals surface area contributed by atoms with Gasteiger partial charge in [-0.15, -0.1) is 0 Å². The highest BCUT2D eigenvalue weighted by molar-refractivity contribution is 7.92. The van der Waals surface area contributed by atoms with Crippen LogP contribution in [0.4, 0.5) is 11.4 Å². The smallest absolute Gasteiger partial charge is 0.261 e. The standard InChI is InChI=1S/C14H16N2O2S/c1-10-8-13(15)14(9-11(10)2)16-19(17,18)12-6-4-3-5-7-12/h3-9,16H,15H2,1-2H3. The molecule has 0 aliphatic rings. The van der Waals surface area contributed by atoms with Crippen LogP contribution in [0, 0.1) is 13.8 Å². The number of benzene rings is 2. The fourth-order valence-corrected chi connectivity index (χ4v) is 2.83. The number of hydrogen-bond acceptors (Lipinski definition) is 3. The van der Waals surface area contributed by atoms with Crippen LogP contribution < -0.4 is 10.5 Å². The summed E-state index contributed by atoms with van der Waals surface area (Å²) < 4.78 is 26.9. The highest BCUT2D eigenvalue weighted by atomic mass is 32.2. The molecule has 2 aromatic carbocycles. The van der Waals surface area contributed by atoms with Crippen molar-refractivity contribution in [2.45, 2.75) is 18.7 Å². The summed E-state index contributed by atoms with van der Waals surface area (Å²) in [5.74, 6) is 0. The van der Waals surface area contributed by atoms with E-state index in [2.05, 4.69) is 4.72 Å². The molecule has 2 rings (SSSR count). The minimum absolute atomic E-state index is 0.215. The van der Waals surface area contributed by atoms with E-state index in [1.807, 2.05) is 13.8 Å². The quantitative estimate of drug-likeness (QED) is 0.847. The first-order valence-corrected chi connectivity index (χ1v) is 7.33. The summed E-state index contributed by atoms with van der Waals surface area (Å²) in [5.41, 5.74) is 8.69. The fraction of sp³-hybridized carbons (Fsp3) is 0.143. The van der Waals surface area contributed by atoms with Crippen molar-refractivity contribution in [3.05, 3.63) is 53.6 Å². The summed E-state index contributed by atoms with van der Waals surface area (Å²) in [6, 6.07) is 11.7. The molecule has 0 unspecified atom stereocenters. The number of nitrogen functional groups attached to an aromatic ring is 1. The number of aryl methyl sites for hydroxylation is 2. The lowest BCUT2D eigenvalue weighted by atomic mass is 10.1. The van der Waals surface area contributed by atoms with Crippen LogP contribution in [0.1, 0.15) is 11.1 Å². The summed E-state index contributed by atoms with van der Waals surface area (Å²) in [7, 11) is -3.60. The van der Waals surface area contributed by atoms with Crippen LogP contribution in [-0.2, 0) is 10.0 Å². The van der Waals surface area contributed by atoms with Crippen LogP contribution >= 0.6 is 0 Å². The van der Waals surface area contributed by atoms with Crippen LogP contribution in [0.25, 0.3) is 0 Å². The van der Waals surface area contributed by atoms with Crippen molar-refractivity contribution < 1.29 is 8.42 Å². The van der Waals surface area contributed by atoms with Crippen LogP contribution in [-0.4, -0.2) is 8.42 Å². The molecular formula is C14H16N2O2S. The number of hydrogen-bond donors (Lipinski definition) is 2. The van der Waals surface area contributed by atoms with Gasteiger partial charge in [-0.05, 0) is 49.2 Å². The first kappa shape index (κ1) is 13.4. The summed E-state index contributed by atoms with van der Waals surface area (Å²) in [4.78, 5) is 0.215. The van der Waals surface area contributed by atoms with E-state index in [4.69, 9.17) is 5.73 Å². The van der Waals surface area contributed by atoms with Crippen LogP contribution in [0.15, 0.2) is 47.4 Å². The monoisotopic (exact) mass is 276 g/mol. The molecule has 0 aliphatic heterocycles. The van der Waals surface area contributed by atoms with Crippen molar-refractivity contribution in [2.24, 2.45) is 0 Å². The molecule has 19 heavy (non-hydrogen) atoms. The van der Waals surface area contributed by atoms with Crippen LogP contribution in [0.3, 0.4) is 0 Å². The van der Waals surface area contributed by atoms with Gasteiger partial charge in [0, 0.05) is 0 Å². The first-order valence-electron chi connectivity index (χ1n) is 5.85. The SMILES string of the molecule is Cc1cc(N)c(NS(=O)(=O)c2ccccc2)cc1C. The van der Waals surface area contributed by atoms with E-state index in [0.717, 1.165) is 11.1 Å². The largest absolute Gasteiger partial charge is 0.397 e. The van der Waals surface area contributed by atoms with Gasteiger partial charge in [0.15, 0.2) is 0 Å². The van der Waals surface area contributed by atoms with Crippen molar-refractivity contribution in [1.29, 1.82) is 0 Å². The minimum Gasteiger partial charge on any atom is -0.397 e. The molecule has 0 aliphatic carbocycles. The van der Waals surface area contributed by atoms with E-state index < -0.39 is 10.0 Å². The Hall–Kier alpha value is -2.01. The highest BCUT2D eigenvalue weighted by Crippen LogP contribution is 2.25. The normalized spacial score (nSPS) is 11.3. The molecule has 2 aromatic rings. The Kier molecular flexibility index (Phi) is 3.48. The van der Waals surface area contributed by atoms with Crippen LogP contribution in [0.5, 0.6) is 0 Å². The zero-order valence-electron chi connectivity index (χ0n) is 10.8. The lowest BCUT2D eigenvalue weighted by Crippen LogP contribution is -2.14. The molecule has 0 saturated heterocycles. The van der Waals surface area contributed by atoms with Gasteiger partial charge in [0.25, 0.3) is 10.0 Å². The average molecular weight is 276 g/mol. The summed E-state index contributed by atoms with van der Waals surface area (Å²) in [5, 5.41) is 0. The van der Waals surface area contributed by atoms with Gasteiger partial charge in [0.1, 0.15) is 0 Å². The molecule has 5 heteroatoms. The molecule has 0 heterocycles. The maximum atomic E-state index is 12.2. The number of nitrogens with two attached hydrogens (primary N) is 1. The Morgan fingerprint density at radius 2 is 1.58 bits per heavy atom. The average Bonchev–Trinajstić information content (AvgIpc) is 2.37. The maximum Gasteiger partial charge on any atom is 0.261 e. The van der Waals surface area contributed by atoms with Crippen molar-refractivity contribution in [3.8, 4) is 0 Å². The summed E-state index contributed by atoms with van der Waals surface area (Å²) >= 11 is 0. The third-order valence-electron chi connectivity index (χ3n) is 2.96. The van der Waals surface area contributed by atoms with E-state index >= 15 is 0 Å². The third-order valence-corrected chi connectivity index (χ3v) is 4.35. The molecule has 0 bridgehead atoms. The van der Waals surface area contributed by atoms with E-state index in [1.165, 1.54) is 0 Å². The molecule has 4 nitrogen and oxygen atoms in total. The van der Waals surface area contributed by atoms with Gasteiger partial charge in [-0.3, -0.25) is 4.72 Å². The number of rotatable bonds is 3. The van der Waals surface area contributed by atoms with E-state index in [0.29, 0.717) is 11.4 Å². The Morgan fingerprint density at radius 1 is 1.00 bits per heavy atom. The molecule has 0 atom stereocenters. The van der Waals surface area contributed by atoms with Crippen molar-refractivity contribution in [2.75, 3.05) is 10.5 Å². The van der Waals surface area contributed by atoms with Gasteiger partial charge in [-0.2, -0.15) is 0 Å². The number of nitrogens with one attached hydrogen (secondary N) is 1. The molecular weight excluding hydrogens is 260 g/mol. The predicted molar refractivity (Wildman–Crippen MR) is 77.6 cm³/mol. The molecule has 3 N–H and O–H groups in total. The Bertz CT molecular complexity index is 695. The molecule has 0 aromatic heterocycles.